The van der Waals surface area contributed by atoms with Crippen LogP contribution in [0.5, 0.6) is 0 Å². The molecule has 2 atom stereocenters. The zero-order valence-electron chi connectivity index (χ0n) is 11.3. The number of rotatable bonds is 6. The predicted octanol–water partition coefficient (Wildman–Crippen LogP) is 2.65. The zero-order valence-corrected chi connectivity index (χ0v) is 11.3. The van der Waals surface area contributed by atoms with E-state index in [1.54, 1.807) is 0 Å². The Balaban J connectivity index is 1.60. The smallest absolute Gasteiger partial charge is 0.305 e. The van der Waals surface area contributed by atoms with Crippen molar-refractivity contribution in [1.29, 1.82) is 0 Å². The lowest BCUT2D eigenvalue weighted by Crippen LogP contribution is -2.48. The molecule has 0 aromatic carbocycles. The normalized spacial score (nSPS) is 34.3. The Kier molecular flexibility index (Phi) is 4.81. The second kappa shape index (κ2) is 6.37. The van der Waals surface area contributed by atoms with Crippen molar-refractivity contribution < 1.29 is 9.53 Å². The molecule has 0 aromatic rings. The van der Waals surface area contributed by atoms with E-state index in [4.69, 9.17) is 5.73 Å². The van der Waals surface area contributed by atoms with Gasteiger partial charge in [0.05, 0.1) is 7.11 Å². The van der Waals surface area contributed by atoms with E-state index in [0.29, 0.717) is 18.4 Å². The average Bonchev–Trinajstić information content (AvgIpc) is 2.33. The maximum atomic E-state index is 10.9. The summed E-state index contributed by atoms with van der Waals surface area (Å²) >= 11 is 0. The Hall–Kier alpha value is -0.830. The van der Waals surface area contributed by atoms with Gasteiger partial charge in [-0.15, -0.1) is 0 Å². The molecule has 3 heteroatoms. The van der Waals surface area contributed by atoms with E-state index in [0.717, 1.165) is 31.1 Å². The fourth-order valence-corrected chi connectivity index (χ4v) is 3.44. The largest absolute Gasteiger partial charge is 0.469 e. The van der Waals surface area contributed by atoms with Gasteiger partial charge in [0.15, 0.2) is 0 Å². The van der Waals surface area contributed by atoms with Gasteiger partial charge in [-0.1, -0.05) is 12.2 Å². The van der Waals surface area contributed by atoms with E-state index in [2.05, 4.69) is 16.9 Å². The van der Waals surface area contributed by atoms with E-state index < -0.39 is 0 Å². The van der Waals surface area contributed by atoms with Crippen molar-refractivity contribution in [3.63, 3.8) is 0 Å². The molecule has 3 aliphatic rings. The average molecular weight is 251 g/mol. The van der Waals surface area contributed by atoms with Crippen molar-refractivity contribution in [2.24, 2.45) is 23.5 Å². The van der Waals surface area contributed by atoms with Crippen molar-refractivity contribution in [3.8, 4) is 0 Å². The van der Waals surface area contributed by atoms with Crippen LogP contribution in [0.1, 0.15) is 44.9 Å². The fraction of sp³-hybridized carbons (Fsp3) is 0.800. The zero-order chi connectivity index (χ0) is 13.0. The molecule has 0 saturated heterocycles. The van der Waals surface area contributed by atoms with E-state index in [1.807, 2.05) is 0 Å². The molecule has 0 spiro atoms. The molecule has 2 bridgehead atoms. The first-order chi connectivity index (χ1) is 8.70. The molecule has 0 heterocycles. The summed E-state index contributed by atoms with van der Waals surface area (Å²) in [6, 6.07) is 0.419. The minimum Gasteiger partial charge on any atom is -0.469 e. The SMILES string of the molecule is COC(=O)CCC/C=C\C[C@H]1C2CC(C2)C[C@@H]1N. The van der Waals surface area contributed by atoms with Gasteiger partial charge >= 0.3 is 5.97 Å². The van der Waals surface area contributed by atoms with Gasteiger partial charge in [0.1, 0.15) is 0 Å². The predicted molar refractivity (Wildman–Crippen MR) is 71.9 cm³/mol. The highest BCUT2D eigenvalue weighted by molar-refractivity contribution is 5.68. The van der Waals surface area contributed by atoms with Crippen LogP contribution in [0, 0.1) is 17.8 Å². The van der Waals surface area contributed by atoms with E-state index in [9.17, 15) is 4.79 Å². The van der Waals surface area contributed by atoms with Gasteiger partial charge in [-0.3, -0.25) is 4.79 Å². The van der Waals surface area contributed by atoms with Crippen LogP contribution in [-0.2, 0) is 9.53 Å². The molecule has 0 aromatic heterocycles. The quantitative estimate of drug-likeness (QED) is 0.448. The number of hydrogen-bond donors (Lipinski definition) is 1. The molecule has 102 valence electrons. The van der Waals surface area contributed by atoms with E-state index in [-0.39, 0.29) is 5.97 Å². The minimum absolute atomic E-state index is 0.113. The summed E-state index contributed by atoms with van der Waals surface area (Å²) < 4.78 is 4.61. The molecule has 18 heavy (non-hydrogen) atoms. The molecular weight excluding hydrogens is 226 g/mol. The molecule has 0 unspecified atom stereocenters. The second-order valence-electron chi connectivity index (χ2n) is 5.84. The Labute approximate surface area is 110 Å². The highest BCUT2D eigenvalue weighted by Gasteiger charge is 2.43. The highest BCUT2D eigenvalue weighted by Crippen LogP contribution is 2.49. The van der Waals surface area contributed by atoms with Crippen molar-refractivity contribution in [1.82, 2.24) is 0 Å². The number of carbonyl (C=O) groups excluding carboxylic acids is 1. The first kappa shape index (κ1) is 13.6. The lowest BCUT2D eigenvalue weighted by atomic mass is 9.57. The summed E-state index contributed by atoms with van der Waals surface area (Å²) in [5.41, 5.74) is 6.20. The summed E-state index contributed by atoms with van der Waals surface area (Å²) in [6.07, 6.45) is 12.0. The number of fused-ring (bicyclic) bond motifs is 2. The van der Waals surface area contributed by atoms with E-state index in [1.165, 1.54) is 26.4 Å². The molecule has 3 nitrogen and oxygen atoms in total. The molecule has 0 aliphatic heterocycles. The van der Waals surface area contributed by atoms with Gasteiger partial charge < -0.3 is 10.5 Å². The lowest BCUT2D eigenvalue weighted by Gasteiger charge is -2.50. The number of methoxy groups -OCH3 is 1. The maximum absolute atomic E-state index is 10.9. The monoisotopic (exact) mass is 251 g/mol. The van der Waals surface area contributed by atoms with Gasteiger partial charge in [0.25, 0.3) is 0 Å². The summed E-state index contributed by atoms with van der Waals surface area (Å²) in [6.45, 7) is 0. The van der Waals surface area contributed by atoms with Crippen molar-refractivity contribution in [2.75, 3.05) is 7.11 Å². The van der Waals surface area contributed by atoms with Crippen LogP contribution in [0.3, 0.4) is 0 Å². The molecule has 3 aliphatic carbocycles. The highest BCUT2D eigenvalue weighted by atomic mass is 16.5. The van der Waals surface area contributed by atoms with Crippen LogP contribution in [-0.4, -0.2) is 19.1 Å². The van der Waals surface area contributed by atoms with Crippen molar-refractivity contribution >= 4 is 5.97 Å². The minimum atomic E-state index is -0.113. The van der Waals surface area contributed by atoms with Crippen LogP contribution >= 0.6 is 0 Å². The van der Waals surface area contributed by atoms with E-state index >= 15 is 0 Å². The van der Waals surface area contributed by atoms with Crippen molar-refractivity contribution in [3.05, 3.63) is 12.2 Å². The Morgan fingerprint density at radius 2 is 2.11 bits per heavy atom. The van der Waals surface area contributed by atoms with Crippen LogP contribution in [0.25, 0.3) is 0 Å². The van der Waals surface area contributed by atoms with Crippen LogP contribution in [0.4, 0.5) is 0 Å². The number of hydrogen-bond acceptors (Lipinski definition) is 3. The second-order valence-corrected chi connectivity index (χ2v) is 5.84. The third kappa shape index (κ3) is 3.35. The molecule has 0 radical (unpaired) electrons. The molecule has 2 N–H and O–H groups in total. The topological polar surface area (TPSA) is 52.3 Å². The Morgan fingerprint density at radius 1 is 1.33 bits per heavy atom. The fourth-order valence-electron chi connectivity index (χ4n) is 3.44. The molecular formula is C15H25NO2. The summed E-state index contributed by atoms with van der Waals surface area (Å²) in [7, 11) is 1.44. The Morgan fingerprint density at radius 3 is 2.78 bits per heavy atom. The number of unbranched alkanes of at least 4 members (excludes halogenated alkanes) is 1. The van der Waals surface area contributed by atoms with Crippen molar-refractivity contribution in [2.45, 2.75) is 51.0 Å². The molecule has 3 fully saturated rings. The number of nitrogens with two attached hydrogens (primary N) is 1. The third-order valence-electron chi connectivity index (χ3n) is 4.59. The first-order valence-corrected chi connectivity index (χ1v) is 7.18. The Bertz CT molecular complexity index is 306. The van der Waals surface area contributed by atoms with Gasteiger partial charge in [-0.05, 0) is 56.3 Å². The molecule has 0 amide bonds. The van der Waals surface area contributed by atoms with Crippen LogP contribution in [0.2, 0.25) is 0 Å². The lowest BCUT2D eigenvalue weighted by molar-refractivity contribution is -0.140. The first-order valence-electron chi connectivity index (χ1n) is 7.18. The summed E-state index contributed by atoms with van der Waals surface area (Å²) in [4.78, 5) is 10.9. The number of carbonyl (C=O) groups is 1. The van der Waals surface area contributed by atoms with Crippen LogP contribution in [0.15, 0.2) is 12.2 Å². The number of esters is 1. The third-order valence-corrected chi connectivity index (χ3v) is 4.59. The van der Waals surface area contributed by atoms with Gasteiger partial charge in [0, 0.05) is 12.5 Å². The standard InChI is InChI=1S/C15H25NO2/c1-18-15(17)7-5-3-2-4-6-13-12-8-11(9-12)10-14(13)16/h2,4,11-14H,3,5-10,16H2,1H3/b4-2-/t11?,12?,13-,14-/m0/s1. The molecule has 3 rings (SSSR count). The number of ether oxygens (including phenoxy) is 1. The summed E-state index contributed by atoms with van der Waals surface area (Å²) in [5.74, 6) is 2.41. The van der Waals surface area contributed by atoms with Gasteiger partial charge in [0.2, 0.25) is 0 Å². The summed E-state index contributed by atoms with van der Waals surface area (Å²) in [5, 5.41) is 0. The van der Waals surface area contributed by atoms with Gasteiger partial charge in [-0.2, -0.15) is 0 Å². The molecule has 3 saturated carbocycles. The maximum Gasteiger partial charge on any atom is 0.305 e. The van der Waals surface area contributed by atoms with Gasteiger partial charge in [-0.25, -0.2) is 0 Å². The van der Waals surface area contributed by atoms with Crippen LogP contribution < -0.4 is 5.73 Å². The number of allylic oxidation sites excluding steroid dienone is 2.